The zero-order valence-corrected chi connectivity index (χ0v) is 15.3. The Hall–Kier alpha value is -2.61. The van der Waals surface area contributed by atoms with Crippen LogP contribution in [0.25, 0.3) is 33.2 Å². The lowest BCUT2D eigenvalue weighted by atomic mass is 9.88. The van der Waals surface area contributed by atoms with Crippen molar-refractivity contribution in [3.8, 4) is 11.3 Å². The van der Waals surface area contributed by atoms with Gasteiger partial charge >= 0.3 is 0 Å². The molecule has 4 rings (SSSR count). The Balaban J connectivity index is 1.89. The van der Waals surface area contributed by atoms with Gasteiger partial charge in [0.25, 0.3) is 0 Å². The van der Waals surface area contributed by atoms with Gasteiger partial charge in [0.1, 0.15) is 11.2 Å². The van der Waals surface area contributed by atoms with Crippen molar-refractivity contribution in [1.29, 1.82) is 0 Å². The molecule has 0 radical (unpaired) electrons. The SMILES string of the molecule is Cc1ccc2c(c1)oc1c(-c3cc(CC(C)(C)C)ccn3)cccc12. The van der Waals surface area contributed by atoms with Crippen LogP contribution in [0.5, 0.6) is 0 Å². The topological polar surface area (TPSA) is 26.0 Å². The number of fused-ring (bicyclic) bond motifs is 3. The lowest BCUT2D eigenvalue weighted by Crippen LogP contribution is -2.09. The average Bonchev–Trinajstić information content (AvgIpc) is 2.90. The van der Waals surface area contributed by atoms with Gasteiger partial charge in [-0.2, -0.15) is 0 Å². The molecule has 0 aliphatic rings. The van der Waals surface area contributed by atoms with Crippen molar-refractivity contribution < 1.29 is 4.42 Å². The summed E-state index contributed by atoms with van der Waals surface area (Å²) in [6.45, 7) is 8.87. The average molecular weight is 329 g/mol. The molecule has 2 heterocycles. The summed E-state index contributed by atoms with van der Waals surface area (Å²) in [6.07, 6.45) is 2.93. The number of hydrogen-bond acceptors (Lipinski definition) is 2. The molecule has 126 valence electrons. The van der Waals surface area contributed by atoms with Gasteiger partial charge < -0.3 is 4.42 Å². The minimum absolute atomic E-state index is 0.252. The summed E-state index contributed by atoms with van der Waals surface area (Å²) >= 11 is 0. The molecule has 0 saturated carbocycles. The van der Waals surface area contributed by atoms with Gasteiger partial charge in [-0.1, -0.05) is 45.0 Å². The van der Waals surface area contributed by atoms with Crippen LogP contribution in [0.4, 0.5) is 0 Å². The molecule has 0 fully saturated rings. The van der Waals surface area contributed by atoms with E-state index in [1.165, 1.54) is 11.1 Å². The summed E-state index contributed by atoms with van der Waals surface area (Å²) in [5.41, 5.74) is 6.66. The molecule has 0 aliphatic carbocycles. The molecular formula is C23H23NO. The number of hydrogen-bond donors (Lipinski definition) is 0. The second-order valence-corrected chi connectivity index (χ2v) is 8.07. The number of pyridine rings is 1. The first-order chi connectivity index (χ1) is 11.9. The third-order valence-corrected chi connectivity index (χ3v) is 4.49. The summed E-state index contributed by atoms with van der Waals surface area (Å²) in [4.78, 5) is 4.62. The normalized spacial score (nSPS) is 12.2. The first-order valence-electron chi connectivity index (χ1n) is 8.78. The number of aromatic nitrogens is 1. The molecule has 2 aromatic carbocycles. The number of aryl methyl sites for hydroxylation is 1. The van der Waals surface area contributed by atoms with E-state index >= 15 is 0 Å². The minimum Gasteiger partial charge on any atom is -0.455 e. The van der Waals surface area contributed by atoms with Gasteiger partial charge in [0.15, 0.2) is 0 Å². The van der Waals surface area contributed by atoms with Crippen LogP contribution in [0.1, 0.15) is 31.9 Å². The van der Waals surface area contributed by atoms with Gasteiger partial charge in [0.05, 0.1) is 5.69 Å². The Morgan fingerprint density at radius 3 is 2.60 bits per heavy atom. The maximum absolute atomic E-state index is 6.22. The van der Waals surface area contributed by atoms with Crippen LogP contribution < -0.4 is 0 Å². The maximum Gasteiger partial charge on any atom is 0.144 e. The molecule has 0 atom stereocenters. The smallest absolute Gasteiger partial charge is 0.144 e. The Bertz CT molecular complexity index is 1070. The Labute approximate surface area is 148 Å². The van der Waals surface area contributed by atoms with Gasteiger partial charge in [0, 0.05) is 22.5 Å². The molecule has 0 saturated heterocycles. The molecule has 2 aromatic heterocycles. The highest BCUT2D eigenvalue weighted by molar-refractivity contribution is 6.09. The first kappa shape index (κ1) is 15.9. The van der Waals surface area contributed by atoms with Crippen LogP contribution in [0.15, 0.2) is 59.1 Å². The van der Waals surface area contributed by atoms with Crippen LogP contribution in [-0.2, 0) is 6.42 Å². The third kappa shape index (κ3) is 3.05. The lowest BCUT2D eigenvalue weighted by molar-refractivity contribution is 0.411. The van der Waals surface area contributed by atoms with E-state index in [1.807, 2.05) is 6.20 Å². The Morgan fingerprint density at radius 2 is 1.80 bits per heavy atom. The summed E-state index contributed by atoms with van der Waals surface area (Å²) in [7, 11) is 0. The second kappa shape index (κ2) is 5.73. The van der Waals surface area contributed by atoms with Crippen molar-refractivity contribution in [2.75, 3.05) is 0 Å². The molecule has 25 heavy (non-hydrogen) atoms. The van der Waals surface area contributed by atoms with Crippen molar-refractivity contribution >= 4 is 21.9 Å². The van der Waals surface area contributed by atoms with Crippen molar-refractivity contribution in [3.05, 3.63) is 65.9 Å². The fraction of sp³-hybridized carbons (Fsp3) is 0.261. The van der Waals surface area contributed by atoms with Crippen molar-refractivity contribution in [2.24, 2.45) is 5.41 Å². The zero-order chi connectivity index (χ0) is 17.6. The highest BCUT2D eigenvalue weighted by Crippen LogP contribution is 2.35. The van der Waals surface area contributed by atoms with Gasteiger partial charge in [-0.3, -0.25) is 4.98 Å². The monoisotopic (exact) mass is 329 g/mol. The summed E-state index contributed by atoms with van der Waals surface area (Å²) in [6, 6.07) is 17.0. The number of para-hydroxylation sites is 1. The van der Waals surface area contributed by atoms with Crippen LogP contribution in [-0.4, -0.2) is 4.98 Å². The van der Waals surface area contributed by atoms with E-state index < -0.39 is 0 Å². The zero-order valence-electron chi connectivity index (χ0n) is 15.3. The molecular weight excluding hydrogens is 306 g/mol. The molecule has 4 aromatic rings. The van der Waals surface area contributed by atoms with Crippen molar-refractivity contribution in [2.45, 2.75) is 34.1 Å². The van der Waals surface area contributed by atoms with E-state index in [1.54, 1.807) is 0 Å². The second-order valence-electron chi connectivity index (χ2n) is 8.07. The number of nitrogens with zero attached hydrogens (tertiary/aromatic N) is 1. The predicted molar refractivity (Wildman–Crippen MR) is 105 cm³/mol. The molecule has 0 unspecified atom stereocenters. The van der Waals surface area contributed by atoms with Crippen molar-refractivity contribution in [3.63, 3.8) is 0 Å². The Morgan fingerprint density at radius 1 is 0.960 bits per heavy atom. The van der Waals surface area contributed by atoms with E-state index in [0.29, 0.717) is 0 Å². The molecule has 2 heteroatoms. The maximum atomic E-state index is 6.22. The minimum atomic E-state index is 0.252. The van der Waals surface area contributed by atoms with Gasteiger partial charge in [-0.15, -0.1) is 0 Å². The van der Waals surface area contributed by atoms with Gasteiger partial charge in [-0.05, 0) is 54.2 Å². The number of benzene rings is 2. The van der Waals surface area contributed by atoms with Crippen LogP contribution >= 0.6 is 0 Å². The lowest BCUT2D eigenvalue weighted by Gasteiger charge is -2.18. The summed E-state index contributed by atoms with van der Waals surface area (Å²) in [5.74, 6) is 0. The largest absolute Gasteiger partial charge is 0.455 e. The highest BCUT2D eigenvalue weighted by atomic mass is 16.3. The van der Waals surface area contributed by atoms with Crippen LogP contribution in [0.2, 0.25) is 0 Å². The van der Waals surface area contributed by atoms with E-state index in [4.69, 9.17) is 4.42 Å². The highest BCUT2D eigenvalue weighted by Gasteiger charge is 2.15. The fourth-order valence-corrected chi connectivity index (χ4v) is 3.45. The van der Waals surface area contributed by atoms with E-state index in [0.717, 1.165) is 39.6 Å². The van der Waals surface area contributed by atoms with Crippen LogP contribution in [0.3, 0.4) is 0 Å². The fourth-order valence-electron chi connectivity index (χ4n) is 3.45. The quantitative estimate of drug-likeness (QED) is 0.417. The molecule has 0 amide bonds. The number of rotatable bonds is 2. The standard InChI is InChI=1S/C23H23NO/c1-15-8-9-17-18-6-5-7-19(22(18)25-21(17)12-15)20-13-16(10-11-24-20)14-23(2,3)4/h5-13H,14H2,1-4H3. The predicted octanol–water partition coefficient (Wildman–Crippen LogP) is 6.55. The first-order valence-corrected chi connectivity index (χ1v) is 8.78. The van der Waals surface area contributed by atoms with E-state index in [2.05, 4.69) is 81.2 Å². The molecule has 0 bridgehead atoms. The summed E-state index contributed by atoms with van der Waals surface area (Å²) < 4.78 is 6.22. The third-order valence-electron chi connectivity index (χ3n) is 4.49. The summed E-state index contributed by atoms with van der Waals surface area (Å²) in [5, 5.41) is 2.31. The van der Waals surface area contributed by atoms with E-state index in [-0.39, 0.29) is 5.41 Å². The number of furan rings is 1. The van der Waals surface area contributed by atoms with Crippen LogP contribution in [0, 0.1) is 12.3 Å². The van der Waals surface area contributed by atoms with E-state index in [9.17, 15) is 0 Å². The molecule has 2 nitrogen and oxygen atoms in total. The molecule has 0 aliphatic heterocycles. The molecule has 0 spiro atoms. The van der Waals surface area contributed by atoms with Crippen molar-refractivity contribution in [1.82, 2.24) is 4.98 Å². The van der Waals surface area contributed by atoms with Gasteiger partial charge in [-0.25, -0.2) is 0 Å². The Kier molecular flexibility index (Phi) is 3.64. The van der Waals surface area contributed by atoms with Gasteiger partial charge in [0.2, 0.25) is 0 Å². The molecule has 0 N–H and O–H groups in total.